The number of benzene rings is 3. The minimum absolute atomic E-state index is 0.191. The number of rotatable bonds is 8. The van der Waals surface area contributed by atoms with Crippen LogP contribution in [0.15, 0.2) is 72.5 Å². The fourth-order valence-electron chi connectivity index (χ4n) is 3.53. The minimum Gasteiger partial charge on any atom is -0.493 e. The van der Waals surface area contributed by atoms with Crippen molar-refractivity contribution in [2.24, 2.45) is 0 Å². The molecule has 0 atom stereocenters. The highest BCUT2D eigenvalue weighted by molar-refractivity contribution is 6.14. The molecule has 0 saturated carbocycles. The Balaban J connectivity index is 1.51. The summed E-state index contributed by atoms with van der Waals surface area (Å²) >= 11 is 0. The maximum Gasteiger partial charge on any atom is 0.231 e. The average molecular weight is 444 g/mol. The third-order valence-electron chi connectivity index (χ3n) is 5.12. The van der Waals surface area contributed by atoms with Gasteiger partial charge in [0.15, 0.2) is 17.3 Å². The first-order valence-corrected chi connectivity index (χ1v) is 10.4. The monoisotopic (exact) mass is 444 g/mol. The molecule has 4 rings (SSSR count). The quantitative estimate of drug-likeness (QED) is 0.432. The Bertz CT molecular complexity index is 1210. The van der Waals surface area contributed by atoms with E-state index < -0.39 is 0 Å². The van der Waals surface area contributed by atoms with E-state index in [1.165, 1.54) is 14.2 Å². The Hall–Kier alpha value is -4.19. The maximum absolute atomic E-state index is 12.9. The molecule has 0 amide bonds. The number of allylic oxidation sites excluding steroid dienone is 1. The molecule has 6 heteroatoms. The van der Waals surface area contributed by atoms with Gasteiger partial charge >= 0.3 is 0 Å². The zero-order valence-corrected chi connectivity index (χ0v) is 18.7. The zero-order valence-electron chi connectivity index (χ0n) is 18.7. The second-order valence-corrected chi connectivity index (χ2v) is 7.15. The van der Waals surface area contributed by atoms with Gasteiger partial charge in [0.25, 0.3) is 0 Å². The summed E-state index contributed by atoms with van der Waals surface area (Å²) in [6.07, 6.45) is 5.56. The number of ether oxygens (including phenoxy) is 5. The number of fused-ring (bicyclic) bond motifs is 1. The van der Waals surface area contributed by atoms with Crippen LogP contribution < -0.4 is 23.7 Å². The van der Waals surface area contributed by atoms with Gasteiger partial charge in [-0.1, -0.05) is 36.4 Å². The molecular formula is C27H24O6. The van der Waals surface area contributed by atoms with Crippen LogP contribution >= 0.6 is 0 Å². The van der Waals surface area contributed by atoms with Crippen LogP contribution in [0.3, 0.4) is 0 Å². The number of carbonyl (C=O) groups excluding carboxylic acids is 1. The molecule has 3 aromatic carbocycles. The van der Waals surface area contributed by atoms with Crippen LogP contribution in [0.1, 0.15) is 21.5 Å². The number of carbonyl (C=O) groups is 1. The van der Waals surface area contributed by atoms with Crippen LogP contribution in [0, 0.1) is 0 Å². The number of ketones is 1. The Morgan fingerprint density at radius 2 is 1.67 bits per heavy atom. The summed E-state index contributed by atoms with van der Waals surface area (Å²) in [5.74, 6) is 2.47. The van der Waals surface area contributed by atoms with Gasteiger partial charge in [0.2, 0.25) is 11.5 Å². The van der Waals surface area contributed by atoms with E-state index in [1.54, 1.807) is 43.5 Å². The molecule has 0 N–H and O–H groups in total. The van der Waals surface area contributed by atoms with Gasteiger partial charge in [0.05, 0.1) is 26.9 Å². The van der Waals surface area contributed by atoms with Crippen LogP contribution in [0.4, 0.5) is 0 Å². The molecule has 0 saturated heterocycles. The highest BCUT2D eigenvalue weighted by Crippen LogP contribution is 2.42. The molecule has 168 valence electrons. The van der Waals surface area contributed by atoms with Gasteiger partial charge in [-0.25, -0.2) is 0 Å². The lowest BCUT2D eigenvalue weighted by molar-refractivity contribution is 0.101. The van der Waals surface area contributed by atoms with Gasteiger partial charge in [-0.05, 0) is 42.0 Å². The molecule has 0 spiro atoms. The van der Waals surface area contributed by atoms with Crippen LogP contribution in [-0.4, -0.2) is 33.7 Å². The Labute approximate surface area is 192 Å². The van der Waals surface area contributed by atoms with Crippen molar-refractivity contribution in [2.75, 3.05) is 27.9 Å². The van der Waals surface area contributed by atoms with Gasteiger partial charge in [-0.3, -0.25) is 4.79 Å². The molecule has 1 aliphatic rings. The topological polar surface area (TPSA) is 63.2 Å². The van der Waals surface area contributed by atoms with E-state index in [4.69, 9.17) is 23.7 Å². The third kappa shape index (κ3) is 4.70. The Morgan fingerprint density at radius 1 is 0.879 bits per heavy atom. The normalized spacial score (nSPS) is 13.7. The van der Waals surface area contributed by atoms with Gasteiger partial charge in [-0.15, -0.1) is 0 Å². The number of methoxy groups -OCH3 is 3. The van der Waals surface area contributed by atoms with E-state index in [-0.39, 0.29) is 11.5 Å². The highest BCUT2D eigenvalue weighted by Gasteiger charge is 2.28. The maximum atomic E-state index is 12.9. The van der Waals surface area contributed by atoms with Crippen molar-refractivity contribution < 1.29 is 28.5 Å². The first kappa shape index (κ1) is 22.0. The van der Waals surface area contributed by atoms with E-state index in [0.29, 0.717) is 46.5 Å². The molecule has 0 fully saturated rings. The van der Waals surface area contributed by atoms with Gasteiger partial charge in [0, 0.05) is 11.6 Å². The van der Waals surface area contributed by atoms with E-state index in [2.05, 4.69) is 0 Å². The summed E-state index contributed by atoms with van der Waals surface area (Å²) in [5, 5.41) is 0. The predicted octanol–water partition coefficient (Wildman–Crippen LogP) is 5.42. The summed E-state index contributed by atoms with van der Waals surface area (Å²) in [7, 11) is 4.61. The van der Waals surface area contributed by atoms with E-state index >= 15 is 0 Å². The van der Waals surface area contributed by atoms with Crippen molar-refractivity contribution in [3.63, 3.8) is 0 Å². The van der Waals surface area contributed by atoms with Gasteiger partial charge in [0.1, 0.15) is 18.1 Å². The van der Waals surface area contributed by atoms with Crippen molar-refractivity contribution in [1.29, 1.82) is 0 Å². The van der Waals surface area contributed by atoms with Crippen LogP contribution in [0.5, 0.6) is 28.7 Å². The molecular weight excluding hydrogens is 420 g/mol. The molecule has 33 heavy (non-hydrogen) atoms. The first-order chi connectivity index (χ1) is 16.1. The lowest BCUT2D eigenvalue weighted by atomic mass is 10.1. The van der Waals surface area contributed by atoms with Crippen molar-refractivity contribution in [1.82, 2.24) is 0 Å². The first-order valence-electron chi connectivity index (χ1n) is 10.4. The van der Waals surface area contributed by atoms with E-state index in [1.807, 2.05) is 42.5 Å². The summed E-state index contributed by atoms with van der Waals surface area (Å²) in [6, 6.07) is 18.7. The molecule has 0 unspecified atom stereocenters. The van der Waals surface area contributed by atoms with Crippen LogP contribution in [0.2, 0.25) is 0 Å². The Kier molecular flexibility index (Phi) is 6.64. The standard InChI is InChI=1S/C27H24O6/c1-29-22-14-11-19(26(30-2)27(22)31-3)16-24-25(28)21-13-12-20(17-23(21)33-24)32-15-7-10-18-8-5-4-6-9-18/h4-14,16-17H,15H2,1-3H3/b10-7+,24-16-. The molecule has 1 aliphatic heterocycles. The number of Topliss-reactive ketones (excluding diaryl/α,β-unsaturated/α-hetero) is 1. The smallest absolute Gasteiger partial charge is 0.231 e. The van der Waals surface area contributed by atoms with Crippen molar-refractivity contribution >= 4 is 17.9 Å². The van der Waals surface area contributed by atoms with Crippen LogP contribution in [-0.2, 0) is 0 Å². The molecule has 0 radical (unpaired) electrons. The number of hydrogen-bond acceptors (Lipinski definition) is 6. The molecule has 1 heterocycles. The van der Waals surface area contributed by atoms with Gasteiger partial charge < -0.3 is 23.7 Å². The summed E-state index contributed by atoms with van der Waals surface area (Å²) in [4.78, 5) is 12.9. The SMILES string of the molecule is COc1ccc(/C=C2\Oc3cc(OC/C=C/c4ccccc4)ccc3C2=O)c(OC)c1OC. The van der Waals surface area contributed by atoms with Gasteiger partial charge in [-0.2, -0.15) is 0 Å². The van der Waals surface area contributed by atoms with Crippen molar-refractivity contribution in [3.8, 4) is 28.7 Å². The third-order valence-corrected chi connectivity index (χ3v) is 5.12. The highest BCUT2D eigenvalue weighted by atomic mass is 16.5. The van der Waals surface area contributed by atoms with Crippen LogP contribution in [0.25, 0.3) is 12.2 Å². The second-order valence-electron chi connectivity index (χ2n) is 7.15. The zero-order chi connectivity index (χ0) is 23.2. The van der Waals surface area contributed by atoms with Crippen molar-refractivity contribution in [2.45, 2.75) is 0 Å². The number of hydrogen-bond donors (Lipinski definition) is 0. The fourth-order valence-corrected chi connectivity index (χ4v) is 3.53. The summed E-state index contributed by atoms with van der Waals surface area (Å²) in [5.41, 5.74) is 2.21. The molecule has 0 aromatic heterocycles. The largest absolute Gasteiger partial charge is 0.493 e. The minimum atomic E-state index is -0.211. The summed E-state index contributed by atoms with van der Waals surface area (Å²) in [6.45, 7) is 0.396. The second kappa shape index (κ2) is 9.96. The molecule has 3 aromatic rings. The Morgan fingerprint density at radius 3 is 2.39 bits per heavy atom. The molecule has 0 bridgehead atoms. The van der Waals surface area contributed by atoms with E-state index in [9.17, 15) is 4.79 Å². The average Bonchev–Trinajstić information content (AvgIpc) is 3.16. The lowest BCUT2D eigenvalue weighted by Crippen LogP contribution is -2.00. The fraction of sp³-hybridized carbons (Fsp3) is 0.148. The summed E-state index contributed by atoms with van der Waals surface area (Å²) < 4.78 is 27.9. The lowest BCUT2D eigenvalue weighted by Gasteiger charge is -2.14. The predicted molar refractivity (Wildman–Crippen MR) is 126 cm³/mol. The molecule has 0 aliphatic carbocycles. The molecule has 6 nitrogen and oxygen atoms in total. The van der Waals surface area contributed by atoms with E-state index in [0.717, 1.165) is 5.56 Å². The van der Waals surface area contributed by atoms with Crippen molar-refractivity contribution in [3.05, 3.63) is 89.2 Å².